The lowest BCUT2D eigenvalue weighted by Crippen LogP contribution is -2.31. The van der Waals surface area contributed by atoms with E-state index in [1.165, 1.54) is 4.90 Å². The Bertz CT molecular complexity index is 637. The van der Waals surface area contributed by atoms with Crippen molar-refractivity contribution in [1.29, 1.82) is 0 Å². The Morgan fingerprint density at radius 3 is 2.43 bits per heavy atom. The number of nitrogens with zero attached hydrogens (tertiary/aromatic N) is 2. The predicted octanol–water partition coefficient (Wildman–Crippen LogP) is 1.91. The topological polar surface area (TPSA) is 77.9 Å². The molecule has 2 amide bonds. The van der Waals surface area contributed by atoms with Crippen molar-refractivity contribution in [3.63, 3.8) is 0 Å². The molecule has 1 saturated heterocycles. The van der Waals surface area contributed by atoms with Gasteiger partial charge in [0.1, 0.15) is 0 Å². The van der Waals surface area contributed by atoms with Crippen LogP contribution in [0.3, 0.4) is 0 Å². The summed E-state index contributed by atoms with van der Waals surface area (Å²) >= 11 is 0. The molecule has 0 aromatic heterocycles. The Balaban J connectivity index is 2.25. The average Bonchev–Trinajstić information content (AvgIpc) is 2.90. The van der Waals surface area contributed by atoms with Crippen LogP contribution < -0.4 is 4.90 Å². The zero-order valence-electron chi connectivity index (χ0n) is 13.7. The van der Waals surface area contributed by atoms with E-state index in [9.17, 15) is 14.4 Å². The van der Waals surface area contributed by atoms with Gasteiger partial charge in [0.05, 0.1) is 5.92 Å². The highest BCUT2D eigenvalue weighted by atomic mass is 16.4. The van der Waals surface area contributed by atoms with Crippen molar-refractivity contribution in [3.05, 3.63) is 29.3 Å². The van der Waals surface area contributed by atoms with Gasteiger partial charge in [-0.25, -0.2) is 0 Å². The van der Waals surface area contributed by atoms with Crippen LogP contribution in [0.4, 0.5) is 5.69 Å². The van der Waals surface area contributed by atoms with Gasteiger partial charge in [-0.2, -0.15) is 0 Å². The Labute approximate surface area is 135 Å². The summed E-state index contributed by atoms with van der Waals surface area (Å²) in [5, 5.41) is 9.07. The van der Waals surface area contributed by atoms with Gasteiger partial charge in [0.2, 0.25) is 5.91 Å². The van der Waals surface area contributed by atoms with Gasteiger partial charge in [-0.05, 0) is 44.5 Å². The van der Waals surface area contributed by atoms with Crippen molar-refractivity contribution in [3.8, 4) is 0 Å². The summed E-state index contributed by atoms with van der Waals surface area (Å²) in [5.74, 6) is -1.85. The maximum Gasteiger partial charge on any atom is 0.308 e. The Kier molecular flexibility index (Phi) is 5.03. The fraction of sp³-hybridized carbons (Fsp3) is 0.471. The van der Waals surface area contributed by atoms with Gasteiger partial charge in [0.15, 0.2) is 0 Å². The molecule has 124 valence electrons. The third-order valence-electron chi connectivity index (χ3n) is 4.26. The summed E-state index contributed by atoms with van der Waals surface area (Å²) in [4.78, 5) is 38.7. The summed E-state index contributed by atoms with van der Waals surface area (Å²) in [6.07, 6.45) is 0.0227. The molecule has 1 atom stereocenters. The molecule has 1 aromatic carbocycles. The van der Waals surface area contributed by atoms with Crippen LogP contribution in [0.5, 0.6) is 0 Å². The molecule has 0 saturated carbocycles. The molecule has 1 aliphatic heterocycles. The largest absolute Gasteiger partial charge is 0.481 e. The molecule has 23 heavy (non-hydrogen) atoms. The van der Waals surface area contributed by atoms with E-state index in [1.54, 1.807) is 23.1 Å². The predicted molar refractivity (Wildman–Crippen MR) is 86.5 cm³/mol. The van der Waals surface area contributed by atoms with Gasteiger partial charge in [-0.3, -0.25) is 14.4 Å². The van der Waals surface area contributed by atoms with Crippen LogP contribution in [0, 0.1) is 12.8 Å². The molecule has 1 aromatic rings. The molecular weight excluding hydrogens is 296 g/mol. The van der Waals surface area contributed by atoms with E-state index in [0.717, 1.165) is 5.56 Å². The summed E-state index contributed by atoms with van der Waals surface area (Å²) in [5.41, 5.74) is 2.05. The zero-order chi connectivity index (χ0) is 17.1. The summed E-state index contributed by atoms with van der Waals surface area (Å²) in [6.45, 7) is 7.14. The monoisotopic (exact) mass is 318 g/mol. The zero-order valence-corrected chi connectivity index (χ0v) is 13.7. The highest BCUT2D eigenvalue weighted by molar-refractivity contribution is 6.01. The first kappa shape index (κ1) is 17.0. The fourth-order valence-corrected chi connectivity index (χ4v) is 2.89. The van der Waals surface area contributed by atoms with Gasteiger partial charge in [-0.1, -0.05) is 0 Å². The third-order valence-corrected chi connectivity index (χ3v) is 4.26. The second kappa shape index (κ2) is 6.81. The Hall–Kier alpha value is -2.37. The van der Waals surface area contributed by atoms with Crippen LogP contribution >= 0.6 is 0 Å². The van der Waals surface area contributed by atoms with Crippen molar-refractivity contribution in [2.75, 3.05) is 24.5 Å². The lowest BCUT2D eigenvalue weighted by molar-refractivity contribution is -0.141. The highest BCUT2D eigenvalue weighted by Crippen LogP contribution is 2.29. The van der Waals surface area contributed by atoms with E-state index in [-0.39, 0.29) is 24.8 Å². The molecule has 2 rings (SSSR count). The van der Waals surface area contributed by atoms with Crippen molar-refractivity contribution < 1.29 is 19.5 Å². The number of rotatable bonds is 5. The van der Waals surface area contributed by atoms with Crippen LogP contribution in [0.25, 0.3) is 0 Å². The van der Waals surface area contributed by atoms with Crippen molar-refractivity contribution >= 4 is 23.5 Å². The highest BCUT2D eigenvalue weighted by Gasteiger charge is 2.35. The first-order chi connectivity index (χ1) is 10.9. The molecule has 0 radical (unpaired) electrons. The normalized spacial score (nSPS) is 17.4. The smallest absolute Gasteiger partial charge is 0.308 e. The maximum absolute atomic E-state index is 12.4. The van der Waals surface area contributed by atoms with E-state index in [0.29, 0.717) is 24.3 Å². The van der Waals surface area contributed by atoms with E-state index < -0.39 is 11.9 Å². The average molecular weight is 318 g/mol. The number of amides is 2. The molecule has 1 fully saturated rings. The molecule has 0 aliphatic carbocycles. The molecule has 0 spiro atoms. The number of hydrogen-bond donors (Lipinski definition) is 1. The van der Waals surface area contributed by atoms with Crippen LogP contribution in [0.2, 0.25) is 0 Å². The molecule has 6 heteroatoms. The Morgan fingerprint density at radius 2 is 1.96 bits per heavy atom. The summed E-state index contributed by atoms with van der Waals surface area (Å²) in [6, 6.07) is 5.19. The van der Waals surface area contributed by atoms with Crippen molar-refractivity contribution in [1.82, 2.24) is 4.90 Å². The number of carboxylic acid groups (broad SMARTS) is 1. The van der Waals surface area contributed by atoms with Gasteiger partial charge in [0.25, 0.3) is 5.91 Å². The van der Waals surface area contributed by atoms with E-state index >= 15 is 0 Å². The lowest BCUT2D eigenvalue weighted by atomic mass is 10.1. The molecule has 1 heterocycles. The molecule has 0 bridgehead atoms. The van der Waals surface area contributed by atoms with Crippen LogP contribution in [0.1, 0.15) is 36.2 Å². The fourth-order valence-electron chi connectivity index (χ4n) is 2.89. The number of carbonyl (C=O) groups excluding carboxylic acids is 2. The SMILES string of the molecule is CCN(CC)C(=O)c1ccc(N2CC(C(=O)O)CC2=O)c(C)c1. The van der Waals surface area contributed by atoms with Gasteiger partial charge >= 0.3 is 5.97 Å². The minimum Gasteiger partial charge on any atom is -0.481 e. The first-order valence-corrected chi connectivity index (χ1v) is 7.82. The van der Waals surface area contributed by atoms with Gasteiger partial charge < -0.3 is 14.9 Å². The molecule has 1 unspecified atom stereocenters. The second-order valence-electron chi connectivity index (χ2n) is 5.72. The molecule has 1 N–H and O–H groups in total. The van der Waals surface area contributed by atoms with E-state index in [4.69, 9.17) is 5.11 Å². The minimum atomic E-state index is -0.952. The lowest BCUT2D eigenvalue weighted by Gasteiger charge is -2.22. The second-order valence-corrected chi connectivity index (χ2v) is 5.72. The maximum atomic E-state index is 12.4. The van der Waals surface area contributed by atoms with Crippen molar-refractivity contribution in [2.24, 2.45) is 5.92 Å². The molecular formula is C17H22N2O4. The van der Waals surface area contributed by atoms with E-state index in [2.05, 4.69) is 0 Å². The van der Waals surface area contributed by atoms with Crippen LogP contribution in [-0.2, 0) is 9.59 Å². The van der Waals surface area contributed by atoms with Gasteiger partial charge in [0, 0.05) is 37.3 Å². The molecule has 1 aliphatic rings. The number of aryl methyl sites for hydroxylation is 1. The number of carboxylic acids is 1. The number of benzene rings is 1. The number of aliphatic carboxylic acids is 1. The Morgan fingerprint density at radius 1 is 1.30 bits per heavy atom. The quantitative estimate of drug-likeness (QED) is 0.899. The standard InChI is InChI=1S/C17H22N2O4/c1-4-18(5-2)16(21)12-6-7-14(11(3)8-12)19-10-13(17(22)23)9-15(19)20/h6-8,13H,4-5,9-10H2,1-3H3,(H,22,23). The van der Waals surface area contributed by atoms with E-state index in [1.807, 2.05) is 20.8 Å². The minimum absolute atomic E-state index is 0.0227. The third kappa shape index (κ3) is 3.36. The number of anilines is 1. The number of hydrogen-bond acceptors (Lipinski definition) is 3. The first-order valence-electron chi connectivity index (χ1n) is 7.82. The summed E-state index contributed by atoms with van der Waals surface area (Å²) in [7, 11) is 0. The van der Waals surface area contributed by atoms with Gasteiger partial charge in [-0.15, -0.1) is 0 Å². The van der Waals surface area contributed by atoms with Crippen molar-refractivity contribution in [2.45, 2.75) is 27.2 Å². The number of carbonyl (C=O) groups is 3. The molecule has 6 nitrogen and oxygen atoms in total. The van der Waals surface area contributed by atoms with Crippen LogP contribution in [-0.4, -0.2) is 47.4 Å². The summed E-state index contributed by atoms with van der Waals surface area (Å²) < 4.78 is 0. The van der Waals surface area contributed by atoms with Crippen LogP contribution in [0.15, 0.2) is 18.2 Å².